The Kier molecular flexibility index (Phi) is 6.86. The average Bonchev–Trinajstić information content (AvgIpc) is 2.78. The molecule has 1 fully saturated rings. The fourth-order valence-electron chi connectivity index (χ4n) is 3.78. The number of para-hydroxylation sites is 1. The number of rotatable bonds is 6. The van der Waals surface area contributed by atoms with E-state index in [0.717, 1.165) is 43.1 Å². The maximum Gasteiger partial charge on any atom is 0.321 e. The van der Waals surface area contributed by atoms with Gasteiger partial charge in [0.2, 0.25) is 0 Å². The Balaban J connectivity index is 1.65. The number of anilines is 2. The molecule has 6 heteroatoms. The van der Waals surface area contributed by atoms with Crippen molar-refractivity contribution in [3.05, 3.63) is 47.5 Å². The van der Waals surface area contributed by atoms with Gasteiger partial charge in [-0.2, -0.15) is 0 Å². The smallest absolute Gasteiger partial charge is 0.321 e. The molecule has 0 radical (unpaired) electrons. The molecule has 1 aliphatic rings. The maximum absolute atomic E-state index is 12.9. The highest BCUT2D eigenvalue weighted by atomic mass is 16.5. The van der Waals surface area contributed by atoms with Gasteiger partial charge in [-0.15, -0.1) is 0 Å². The summed E-state index contributed by atoms with van der Waals surface area (Å²) in [5.41, 5.74) is 4.42. The van der Waals surface area contributed by atoms with Gasteiger partial charge in [0.15, 0.2) is 11.5 Å². The Labute approximate surface area is 173 Å². The van der Waals surface area contributed by atoms with Gasteiger partial charge in [-0.05, 0) is 36.1 Å². The van der Waals surface area contributed by atoms with Crippen molar-refractivity contribution in [1.29, 1.82) is 0 Å². The predicted molar refractivity (Wildman–Crippen MR) is 118 cm³/mol. The SMILES string of the molecule is CCc1cccc(CC)c1NC(=O)N1CCN(c2ccc(OC)c(OC)c2)CC1. The maximum atomic E-state index is 12.9. The van der Waals surface area contributed by atoms with E-state index in [2.05, 4.69) is 42.3 Å². The standard InChI is InChI=1S/C23H31N3O3/c1-5-17-8-7-9-18(6-2)22(17)24-23(27)26-14-12-25(13-15-26)19-10-11-20(28-3)21(16-19)29-4/h7-11,16H,5-6,12-15H2,1-4H3,(H,24,27). The van der Waals surface area contributed by atoms with Crippen LogP contribution in [0.1, 0.15) is 25.0 Å². The van der Waals surface area contributed by atoms with E-state index >= 15 is 0 Å². The van der Waals surface area contributed by atoms with Crippen molar-refractivity contribution in [2.75, 3.05) is 50.6 Å². The summed E-state index contributed by atoms with van der Waals surface area (Å²) in [5, 5.41) is 3.17. The Morgan fingerprint density at radius 2 is 1.55 bits per heavy atom. The third-order valence-corrected chi connectivity index (χ3v) is 5.53. The predicted octanol–water partition coefficient (Wildman–Crippen LogP) is 4.18. The molecule has 2 amide bonds. The minimum atomic E-state index is -0.0208. The molecule has 0 aliphatic carbocycles. The molecule has 0 atom stereocenters. The van der Waals surface area contributed by atoms with Gasteiger partial charge >= 0.3 is 6.03 Å². The van der Waals surface area contributed by atoms with Gasteiger partial charge in [0, 0.05) is 43.6 Å². The normalized spacial score (nSPS) is 13.9. The summed E-state index contributed by atoms with van der Waals surface area (Å²) in [5.74, 6) is 1.43. The lowest BCUT2D eigenvalue weighted by molar-refractivity contribution is 0.208. The van der Waals surface area contributed by atoms with Crippen LogP contribution in [-0.2, 0) is 12.8 Å². The topological polar surface area (TPSA) is 54.0 Å². The first-order valence-corrected chi connectivity index (χ1v) is 10.2. The lowest BCUT2D eigenvalue weighted by atomic mass is 10.0. The van der Waals surface area contributed by atoms with Crippen molar-refractivity contribution in [3.63, 3.8) is 0 Å². The van der Waals surface area contributed by atoms with E-state index < -0.39 is 0 Å². The van der Waals surface area contributed by atoms with Crippen molar-refractivity contribution < 1.29 is 14.3 Å². The Morgan fingerprint density at radius 3 is 2.10 bits per heavy atom. The molecule has 0 saturated carbocycles. The summed E-state index contributed by atoms with van der Waals surface area (Å²) < 4.78 is 10.7. The first-order chi connectivity index (χ1) is 14.1. The molecule has 0 bridgehead atoms. The molecule has 156 valence electrons. The van der Waals surface area contributed by atoms with Crippen LogP contribution >= 0.6 is 0 Å². The number of benzene rings is 2. The van der Waals surface area contributed by atoms with Crippen LogP contribution in [0.25, 0.3) is 0 Å². The number of nitrogens with one attached hydrogen (secondary N) is 1. The highest BCUT2D eigenvalue weighted by molar-refractivity contribution is 5.91. The zero-order chi connectivity index (χ0) is 20.8. The molecule has 2 aromatic carbocycles. The van der Waals surface area contributed by atoms with Crippen molar-refractivity contribution >= 4 is 17.4 Å². The summed E-state index contributed by atoms with van der Waals surface area (Å²) in [6, 6.07) is 12.2. The van der Waals surface area contributed by atoms with Crippen LogP contribution in [0.3, 0.4) is 0 Å². The van der Waals surface area contributed by atoms with Gasteiger partial charge in [-0.1, -0.05) is 32.0 Å². The largest absolute Gasteiger partial charge is 0.493 e. The second kappa shape index (κ2) is 9.54. The molecule has 29 heavy (non-hydrogen) atoms. The number of ether oxygens (including phenoxy) is 2. The van der Waals surface area contributed by atoms with Crippen LogP contribution in [-0.4, -0.2) is 51.3 Å². The first kappa shape index (κ1) is 20.8. The number of hydrogen-bond acceptors (Lipinski definition) is 4. The van der Waals surface area contributed by atoms with E-state index in [-0.39, 0.29) is 6.03 Å². The Bertz CT molecular complexity index is 823. The van der Waals surface area contributed by atoms with Gasteiger partial charge in [-0.25, -0.2) is 4.79 Å². The summed E-state index contributed by atoms with van der Waals surface area (Å²) >= 11 is 0. The number of urea groups is 1. The van der Waals surface area contributed by atoms with E-state index in [1.807, 2.05) is 23.1 Å². The second-order valence-corrected chi connectivity index (χ2v) is 7.10. The summed E-state index contributed by atoms with van der Waals surface area (Å²) in [6.07, 6.45) is 1.80. The average molecular weight is 398 g/mol. The number of carbonyl (C=O) groups is 1. The van der Waals surface area contributed by atoms with Crippen LogP contribution in [0.4, 0.5) is 16.2 Å². The molecule has 0 spiro atoms. The van der Waals surface area contributed by atoms with Crippen LogP contribution in [0.15, 0.2) is 36.4 Å². The molecular formula is C23H31N3O3. The fourth-order valence-corrected chi connectivity index (χ4v) is 3.78. The highest BCUT2D eigenvalue weighted by Crippen LogP contribution is 2.32. The Morgan fingerprint density at radius 1 is 0.931 bits per heavy atom. The third-order valence-electron chi connectivity index (χ3n) is 5.53. The Hall–Kier alpha value is -2.89. The second-order valence-electron chi connectivity index (χ2n) is 7.10. The number of methoxy groups -OCH3 is 2. The number of hydrogen-bond donors (Lipinski definition) is 1. The van der Waals surface area contributed by atoms with Crippen molar-refractivity contribution in [2.45, 2.75) is 26.7 Å². The zero-order valence-electron chi connectivity index (χ0n) is 17.8. The van der Waals surface area contributed by atoms with Crippen molar-refractivity contribution in [1.82, 2.24) is 4.90 Å². The molecule has 1 aliphatic heterocycles. The van der Waals surface area contributed by atoms with Crippen LogP contribution in [0.2, 0.25) is 0 Å². The monoisotopic (exact) mass is 397 g/mol. The van der Waals surface area contributed by atoms with Gasteiger partial charge in [0.25, 0.3) is 0 Å². The van der Waals surface area contributed by atoms with Gasteiger partial charge in [-0.3, -0.25) is 0 Å². The van der Waals surface area contributed by atoms with Gasteiger partial charge in [0.05, 0.1) is 14.2 Å². The molecule has 1 N–H and O–H groups in total. The highest BCUT2D eigenvalue weighted by Gasteiger charge is 2.23. The lowest BCUT2D eigenvalue weighted by Gasteiger charge is -2.36. The number of piperazine rings is 1. The molecule has 2 aromatic rings. The number of aryl methyl sites for hydroxylation is 2. The molecule has 1 heterocycles. The van der Waals surface area contributed by atoms with E-state index in [1.54, 1.807) is 14.2 Å². The number of amides is 2. The molecule has 6 nitrogen and oxygen atoms in total. The van der Waals surface area contributed by atoms with Gasteiger partial charge in [0.1, 0.15) is 0 Å². The molecule has 0 unspecified atom stereocenters. The number of nitrogens with zero attached hydrogens (tertiary/aromatic N) is 2. The van der Waals surface area contributed by atoms with Gasteiger partial charge < -0.3 is 24.6 Å². The molecular weight excluding hydrogens is 366 g/mol. The number of carbonyl (C=O) groups excluding carboxylic acids is 1. The zero-order valence-corrected chi connectivity index (χ0v) is 17.8. The van der Waals surface area contributed by atoms with E-state index in [9.17, 15) is 4.79 Å². The van der Waals surface area contributed by atoms with E-state index in [1.165, 1.54) is 11.1 Å². The molecule has 1 saturated heterocycles. The minimum absolute atomic E-state index is 0.0208. The van der Waals surface area contributed by atoms with Crippen LogP contribution in [0, 0.1) is 0 Å². The van der Waals surface area contributed by atoms with Crippen molar-refractivity contribution in [3.8, 4) is 11.5 Å². The van der Waals surface area contributed by atoms with E-state index in [4.69, 9.17) is 9.47 Å². The molecule has 3 rings (SSSR count). The first-order valence-electron chi connectivity index (χ1n) is 10.2. The summed E-state index contributed by atoms with van der Waals surface area (Å²) in [7, 11) is 3.28. The quantitative estimate of drug-likeness (QED) is 0.794. The molecule has 0 aromatic heterocycles. The van der Waals surface area contributed by atoms with E-state index in [0.29, 0.717) is 18.8 Å². The van der Waals surface area contributed by atoms with Crippen molar-refractivity contribution in [2.24, 2.45) is 0 Å². The van der Waals surface area contributed by atoms with Crippen LogP contribution in [0.5, 0.6) is 11.5 Å². The summed E-state index contributed by atoms with van der Waals surface area (Å²) in [6.45, 7) is 7.14. The third kappa shape index (κ3) is 4.58. The summed E-state index contributed by atoms with van der Waals surface area (Å²) in [4.78, 5) is 17.0. The minimum Gasteiger partial charge on any atom is -0.493 e. The fraction of sp³-hybridized carbons (Fsp3) is 0.435. The lowest BCUT2D eigenvalue weighted by Crippen LogP contribution is -2.50. The van der Waals surface area contributed by atoms with Crippen LogP contribution < -0.4 is 19.7 Å².